The van der Waals surface area contributed by atoms with Gasteiger partial charge in [-0.25, -0.2) is 4.68 Å². The summed E-state index contributed by atoms with van der Waals surface area (Å²) >= 11 is 3.41. The van der Waals surface area contributed by atoms with Gasteiger partial charge in [-0.15, -0.1) is 25.5 Å². The zero-order valence-electron chi connectivity index (χ0n) is 63.7. The van der Waals surface area contributed by atoms with E-state index in [9.17, 15) is 29.7 Å². The normalized spacial score (nSPS) is 44.8. The Morgan fingerprint density at radius 3 is 1.18 bits per heavy atom. The maximum absolute atomic E-state index is 13.4. The van der Waals surface area contributed by atoms with Crippen molar-refractivity contribution in [2.75, 3.05) is 46.4 Å². The third-order valence-corrected chi connectivity index (χ3v) is 30.7. The Morgan fingerprint density at radius 2 is 0.871 bits per heavy atom. The van der Waals surface area contributed by atoms with E-state index in [0.29, 0.717) is 99.6 Å². The van der Waals surface area contributed by atoms with Crippen LogP contribution < -0.4 is 0 Å². The first kappa shape index (κ1) is 78.5. The third-order valence-electron chi connectivity index (χ3n) is 30.2. The molecule has 12 saturated carbocycles. The van der Waals surface area contributed by atoms with Crippen molar-refractivity contribution >= 4 is 33.3 Å². The number of aryl methyl sites for hydroxylation is 3. The summed E-state index contributed by atoms with van der Waals surface area (Å²) in [6.45, 7) is 17.3. The predicted octanol–water partition coefficient (Wildman–Crippen LogP) is 14.2. The number of alkyl halides is 1. The van der Waals surface area contributed by atoms with Crippen molar-refractivity contribution in [3.8, 4) is 0 Å². The van der Waals surface area contributed by atoms with Crippen molar-refractivity contribution < 1.29 is 48.0 Å². The minimum Gasteiger partial charge on any atom is -0.390 e. The monoisotopic (exact) mass is 1480 g/mol. The van der Waals surface area contributed by atoms with Crippen LogP contribution in [0, 0.1) is 142 Å². The van der Waals surface area contributed by atoms with Crippen molar-refractivity contribution in [3.05, 3.63) is 17.5 Å². The van der Waals surface area contributed by atoms with Gasteiger partial charge < -0.3 is 29.5 Å². The van der Waals surface area contributed by atoms with Gasteiger partial charge >= 0.3 is 0 Å². The largest absolute Gasteiger partial charge is 0.390 e. The van der Waals surface area contributed by atoms with Crippen molar-refractivity contribution in [1.82, 2.24) is 61.0 Å². The molecule has 12 aliphatic rings. The zero-order chi connectivity index (χ0) is 71.9. The van der Waals surface area contributed by atoms with Gasteiger partial charge in [0.15, 0.2) is 23.2 Å². The van der Waals surface area contributed by atoms with Gasteiger partial charge in [0.2, 0.25) is 0 Å². The van der Waals surface area contributed by atoms with E-state index in [1.54, 1.807) is 39.9 Å². The quantitative estimate of drug-likeness (QED) is 0.109. The van der Waals surface area contributed by atoms with Crippen LogP contribution >= 0.6 is 15.9 Å². The molecule has 12 fully saturated rings. The fourth-order valence-electron chi connectivity index (χ4n) is 25.9. The minimum atomic E-state index is -0.629. The Bertz CT molecular complexity index is 3350. The highest BCUT2D eigenvalue weighted by Gasteiger charge is 2.67. The highest BCUT2D eigenvalue weighted by atomic mass is 79.9. The molecule has 0 amide bonds. The van der Waals surface area contributed by atoms with E-state index in [4.69, 9.17) is 18.3 Å². The summed E-state index contributed by atoms with van der Waals surface area (Å²) in [5.41, 5.74) is -2.18. The SMILES string of the molecule is C.C.C.C.Cc1nn[nH]n1.[2H]C(OC)[C@]12CC[C@@](C)(O)C[C@H]1CC[C@H]1[C@@H]3CC[C@H](C(=O)CBr)[C@@]3(C)CC[C@@H]12.[2H]C(OC)[C@]12CC[C@@](C)(O)C[C@H]1CC[C@H]1[C@@H]3CC[C@H](C(=O)Cn4nnc(C)n4)[C@@]3(C)CC[C@@H]12.[2H]C(OC)[C@]12CC[C@@](C)(O)C[C@H]1CC[C@H]1[C@@H]3CC[C@H](C(=O)Cn4nnnc4C)[C@@]3(C)CC[C@@H]12. The number of Topliss-reactive ketones (excluding diaryl/α,β-unsaturated/α-hetero) is 3. The Labute approximate surface area is 619 Å². The summed E-state index contributed by atoms with van der Waals surface area (Å²) < 4.78 is 45.7. The number of H-pyrrole nitrogens is 1. The molecular formula is C79H137BrN12O9. The molecule has 0 aromatic carbocycles. The summed E-state index contributed by atoms with van der Waals surface area (Å²) in [5, 5.41) is 69.4. The van der Waals surface area contributed by atoms with Gasteiger partial charge in [0, 0.05) is 39.1 Å². The number of methoxy groups -OCH3 is 3. The molecule has 12 aliphatic carbocycles. The highest BCUT2D eigenvalue weighted by molar-refractivity contribution is 9.09. The van der Waals surface area contributed by atoms with Crippen molar-refractivity contribution in [2.45, 2.75) is 295 Å². The second kappa shape index (κ2) is 32.1. The fourth-order valence-corrected chi connectivity index (χ4v) is 26.3. The molecule has 0 saturated heterocycles. The Balaban J connectivity index is 0.000000186. The Morgan fingerprint density at radius 1 is 0.485 bits per heavy atom. The predicted molar refractivity (Wildman–Crippen MR) is 396 cm³/mol. The first-order valence-electron chi connectivity index (χ1n) is 39.4. The average Bonchev–Trinajstić information content (AvgIpc) is 0.817. The topological polar surface area (TPSA) is 281 Å². The smallest absolute Gasteiger partial charge is 0.171 e. The van der Waals surface area contributed by atoms with Crippen molar-refractivity contribution in [1.29, 1.82) is 0 Å². The van der Waals surface area contributed by atoms with Crippen LogP contribution in [0.15, 0.2) is 0 Å². The lowest BCUT2D eigenvalue weighted by Gasteiger charge is -2.62. The maximum atomic E-state index is 13.4. The number of fused-ring (bicyclic) bond motifs is 15. The molecule has 0 radical (unpaired) electrons. The number of rotatable bonds is 14. The number of tetrazole rings is 3. The second-order valence-corrected chi connectivity index (χ2v) is 35.8. The van der Waals surface area contributed by atoms with Crippen LogP contribution in [-0.4, -0.2) is 157 Å². The van der Waals surface area contributed by atoms with Crippen LogP contribution in [0.3, 0.4) is 0 Å². The number of halogens is 1. The van der Waals surface area contributed by atoms with Crippen molar-refractivity contribution in [3.63, 3.8) is 0 Å². The van der Waals surface area contributed by atoms with E-state index in [1.165, 1.54) is 11.2 Å². The van der Waals surface area contributed by atoms with Crippen LogP contribution in [0.1, 0.15) is 266 Å². The van der Waals surface area contributed by atoms with E-state index >= 15 is 0 Å². The number of aliphatic hydroxyl groups is 3. The average molecular weight is 1480 g/mol. The summed E-state index contributed by atoms with van der Waals surface area (Å²) in [7, 11) is 5.04. The molecule has 0 spiro atoms. The molecule has 0 aliphatic heterocycles. The second-order valence-electron chi connectivity index (χ2n) is 35.2. The summed E-state index contributed by atoms with van der Waals surface area (Å²) in [6, 6.07) is 0. The first-order valence-corrected chi connectivity index (χ1v) is 38.8. The van der Waals surface area contributed by atoms with Gasteiger partial charge in [0.1, 0.15) is 24.7 Å². The fraction of sp³-hybridized carbons (Fsp3) is 0.924. The number of nitrogens with zero attached hydrogens (tertiary/aromatic N) is 11. The van der Waals surface area contributed by atoms with Crippen LogP contribution in [0.4, 0.5) is 0 Å². The number of aromatic amines is 1. The highest BCUT2D eigenvalue weighted by Crippen LogP contribution is 2.72. The third kappa shape index (κ3) is 15.4. The lowest BCUT2D eigenvalue weighted by molar-refractivity contribution is -0.175. The van der Waals surface area contributed by atoms with Gasteiger partial charge in [0.05, 0.1) is 46.0 Å². The number of nitrogens with one attached hydrogen (secondary N) is 1. The molecule has 3 heterocycles. The maximum Gasteiger partial charge on any atom is 0.171 e. The molecule has 574 valence electrons. The van der Waals surface area contributed by atoms with E-state index in [-0.39, 0.29) is 105 Å². The Hall–Kier alpha value is -3.54. The number of ketones is 3. The summed E-state index contributed by atoms with van der Waals surface area (Å²) in [5.74, 6) is 8.92. The molecule has 101 heavy (non-hydrogen) atoms. The number of hydrogen-bond acceptors (Lipinski definition) is 18. The van der Waals surface area contributed by atoms with Gasteiger partial charge in [0.25, 0.3) is 0 Å². The molecule has 22 heteroatoms. The van der Waals surface area contributed by atoms with Gasteiger partial charge in [-0.2, -0.15) is 10.0 Å². The standard InChI is InChI=1S/2C25H40N4O3.C23H37BrO3.C2H4N4.4CH4/c1-16-26-27-28-29(16)14-22(30)21-8-7-19-18-6-5-17-13-23(2,31)11-12-25(17,15-32-4)20(18)9-10-24(19,21)3;1-16-26-28-29(27-16)14-22(30)21-8-7-19-18-6-5-17-13-23(2,31)11-12-25(17,15-32-4)20(18)9-10-24(19,21)3;1-21(26)10-11-23(14-27-3)15(12-21)4-5-16-17-6-7-19(20(25)13-24)22(17,2)9-8-18(16)23;1-2-3-5-6-4-2;;;;/h2*17-21,31H,5-15H2,1-4H3;15-19,26H,4-14H2,1-3H3;1H3,(H,3,4,5,6);4*1H4/t2*17-,18+,19+,20+,21-,23-,24+,25-;15-,16+,17+,18+,19-,21-,22+,23-;;;;;/m111...../s1/i2*15D;14D;;;;;/t2*15?,17-,18+,19+,20+,21-,23-,24+,25-;14?,15-,16+,17+,18+,19-,21-,22+,23-;;;;;. The number of hydrogen-bond donors (Lipinski definition) is 4. The number of ether oxygens (including phenoxy) is 3. The first-order chi connectivity index (χ1) is 47.3. The van der Waals surface area contributed by atoms with Crippen LogP contribution in [0.2, 0.25) is 0 Å². The van der Waals surface area contributed by atoms with Gasteiger partial charge in [-0.3, -0.25) is 14.4 Å². The van der Waals surface area contributed by atoms with Crippen LogP contribution in [0.5, 0.6) is 0 Å². The molecule has 4 N–H and O–H groups in total. The van der Waals surface area contributed by atoms with Crippen LogP contribution in [-0.2, 0) is 41.7 Å². The molecule has 21 nitrogen and oxygen atoms in total. The lowest BCUT2D eigenvalue weighted by Crippen LogP contribution is -2.58. The summed E-state index contributed by atoms with van der Waals surface area (Å²) in [6.07, 6.45) is 26.7. The minimum absolute atomic E-state index is 0. The summed E-state index contributed by atoms with van der Waals surface area (Å²) in [4.78, 5) is 40.8. The molecule has 3 unspecified atom stereocenters. The lowest BCUT2D eigenvalue weighted by atomic mass is 9.43. The van der Waals surface area contributed by atoms with E-state index < -0.39 is 36.6 Å². The van der Waals surface area contributed by atoms with Gasteiger partial charge in [-0.1, -0.05) is 71.6 Å². The molecular weight excluding hydrogens is 1340 g/mol. The number of aromatic nitrogens is 12. The molecule has 3 aromatic heterocycles. The molecule has 0 bridgehead atoms. The van der Waals surface area contributed by atoms with Gasteiger partial charge in [-0.05, 0) is 334 Å². The zero-order valence-corrected chi connectivity index (χ0v) is 62.3. The van der Waals surface area contributed by atoms with Crippen LogP contribution in [0.25, 0.3) is 0 Å². The van der Waals surface area contributed by atoms with E-state index in [1.807, 2.05) is 27.7 Å². The number of carbonyl (C=O) groups excluding carboxylic acids is 3. The van der Waals surface area contributed by atoms with E-state index in [0.717, 1.165) is 167 Å². The molecule has 27 atom stereocenters. The van der Waals surface area contributed by atoms with E-state index in [2.05, 4.69) is 88.3 Å². The number of carbonyl (C=O) groups is 3. The molecule has 3 aromatic rings. The van der Waals surface area contributed by atoms with Crippen molar-refractivity contribution in [2.24, 2.45) is 121 Å². The Kier molecular flexibility index (Phi) is 25.0. The molecule has 15 rings (SSSR count).